The van der Waals surface area contributed by atoms with Gasteiger partial charge in [-0.05, 0) is 31.1 Å². The van der Waals surface area contributed by atoms with Crippen molar-refractivity contribution < 1.29 is 0 Å². The monoisotopic (exact) mass is 405 g/mol. The Kier molecular flexibility index (Phi) is 9.70. The quantitative estimate of drug-likeness (QED) is 0.378. The zero-order chi connectivity index (χ0) is 19.6. The Morgan fingerprint density at radius 2 is 1.43 bits per heavy atom. The van der Waals surface area contributed by atoms with E-state index in [1.165, 1.54) is 119 Å². The van der Waals surface area contributed by atoms with Crippen molar-refractivity contribution in [2.45, 2.75) is 115 Å². The lowest BCUT2D eigenvalue weighted by atomic mass is 9.84. The molecule has 3 fully saturated rings. The Hall–Kier alpha value is -0.513. The van der Waals surface area contributed by atoms with E-state index in [1.54, 1.807) is 0 Å². The molecule has 1 N–H and O–H groups in total. The van der Waals surface area contributed by atoms with Crippen molar-refractivity contribution >= 4 is 16.2 Å². The van der Waals surface area contributed by atoms with Crippen LogP contribution in [0.3, 0.4) is 0 Å². The van der Waals surface area contributed by atoms with E-state index in [-0.39, 0.29) is 0 Å². The molecule has 1 aliphatic heterocycles. The lowest BCUT2D eigenvalue weighted by Crippen LogP contribution is -2.37. The zero-order valence-corrected chi connectivity index (χ0v) is 20.8. The molecule has 0 amide bonds. The molecule has 3 nitrogen and oxygen atoms in total. The molecule has 0 aromatic carbocycles. The van der Waals surface area contributed by atoms with E-state index in [4.69, 9.17) is 5.41 Å². The summed E-state index contributed by atoms with van der Waals surface area (Å²) in [6, 6.07) is 2.04. The molecule has 0 radical (unpaired) electrons. The van der Waals surface area contributed by atoms with Gasteiger partial charge in [0.05, 0.1) is 0 Å². The van der Waals surface area contributed by atoms with E-state index in [0.29, 0.717) is 6.04 Å². The molecule has 162 valence electrons. The fourth-order valence-electron chi connectivity index (χ4n) is 6.03. The van der Waals surface area contributed by atoms with Gasteiger partial charge in [0, 0.05) is 35.9 Å². The molecule has 3 rings (SSSR count). The fraction of sp³-hybridized carbons (Fsp3) is 0.958. The molecular formula is C24H47N3Si. The maximum Gasteiger partial charge on any atom is 0.194 e. The summed E-state index contributed by atoms with van der Waals surface area (Å²) in [6.07, 6.45) is 22.7. The first-order chi connectivity index (χ1) is 13.8. The molecule has 1 unspecified atom stereocenters. The Morgan fingerprint density at radius 1 is 0.786 bits per heavy atom. The van der Waals surface area contributed by atoms with E-state index >= 15 is 0 Å². The number of nitrogens with one attached hydrogen (secondary N) is 1. The molecule has 1 saturated heterocycles. The average Bonchev–Trinajstić information content (AvgIpc) is 3.02. The highest BCUT2D eigenvalue weighted by Crippen LogP contribution is 2.32. The van der Waals surface area contributed by atoms with Gasteiger partial charge in [-0.15, -0.1) is 0 Å². The van der Waals surface area contributed by atoms with Gasteiger partial charge in [0.25, 0.3) is 0 Å². The lowest BCUT2D eigenvalue weighted by molar-refractivity contribution is 0.238. The first kappa shape index (κ1) is 22.2. The van der Waals surface area contributed by atoms with Crippen molar-refractivity contribution in [2.75, 3.05) is 19.6 Å². The first-order valence-electron chi connectivity index (χ1n) is 12.9. The number of unbranched alkanes of at least 4 members (excludes halogenated alkanes) is 2. The predicted molar refractivity (Wildman–Crippen MR) is 125 cm³/mol. The largest absolute Gasteiger partial charge is 0.341 e. The topological polar surface area (TPSA) is 30.3 Å². The van der Waals surface area contributed by atoms with Crippen LogP contribution in [0.5, 0.6) is 0 Å². The summed E-state index contributed by atoms with van der Waals surface area (Å²) in [5.74, 6) is 2.81. The highest BCUT2D eigenvalue weighted by molar-refractivity contribution is 6.08. The van der Waals surface area contributed by atoms with Crippen LogP contribution in [0.25, 0.3) is 0 Å². The molecule has 0 spiro atoms. The molecule has 28 heavy (non-hydrogen) atoms. The van der Waals surface area contributed by atoms with E-state index < -0.39 is 0 Å². The van der Waals surface area contributed by atoms with Gasteiger partial charge < -0.3 is 9.80 Å². The summed E-state index contributed by atoms with van der Waals surface area (Å²) in [6.45, 7) is 3.40. The van der Waals surface area contributed by atoms with Crippen molar-refractivity contribution in [3.8, 4) is 0 Å². The van der Waals surface area contributed by atoms with E-state index in [0.717, 1.165) is 37.4 Å². The van der Waals surface area contributed by atoms with Gasteiger partial charge in [-0.3, -0.25) is 5.41 Å². The van der Waals surface area contributed by atoms with Crippen LogP contribution in [0.4, 0.5) is 0 Å². The van der Waals surface area contributed by atoms with Crippen molar-refractivity contribution in [2.24, 2.45) is 11.8 Å². The second-order valence-electron chi connectivity index (χ2n) is 10.1. The van der Waals surface area contributed by atoms with Crippen LogP contribution in [0.1, 0.15) is 103 Å². The summed E-state index contributed by atoms with van der Waals surface area (Å²) < 4.78 is 0. The second kappa shape index (κ2) is 12.2. The third-order valence-electron chi connectivity index (χ3n) is 7.79. The van der Waals surface area contributed by atoms with Gasteiger partial charge in [-0.2, -0.15) is 0 Å². The summed E-state index contributed by atoms with van der Waals surface area (Å²) in [5, 5.41) is 8.84. The van der Waals surface area contributed by atoms with Gasteiger partial charge >= 0.3 is 0 Å². The minimum atomic E-state index is 0.626. The molecule has 1 atom stereocenters. The molecule has 1 heterocycles. The van der Waals surface area contributed by atoms with Gasteiger partial charge in [0.15, 0.2) is 5.96 Å². The van der Waals surface area contributed by atoms with E-state index in [9.17, 15) is 0 Å². The maximum atomic E-state index is 8.84. The molecule has 4 heteroatoms. The summed E-state index contributed by atoms with van der Waals surface area (Å²) >= 11 is 0. The number of rotatable bonds is 11. The van der Waals surface area contributed by atoms with Gasteiger partial charge in [-0.1, -0.05) is 89.5 Å². The number of hydrogen-bond donors (Lipinski definition) is 1. The summed E-state index contributed by atoms with van der Waals surface area (Å²) in [7, 11) is 1.33. The Bertz CT molecular complexity index is 443. The summed E-state index contributed by atoms with van der Waals surface area (Å²) in [4.78, 5) is 4.95. The Morgan fingerprint density at radius 3 is 2.11 bits per heavy atom. The first-order valence-corrected chi connectivity index (χ1v) is 14.3. The molecular weight excluding hydrogens is 358 g/mol. The van der Waals surface area contributed by atoms with E-state index in [1.807, 2.05) is 0 Å². The standard InChI is InChI=1S/C24H47N3Si/c25-24-26(16-9-10-18-28)20-23(19-22-14-5-2-6-15-22)27(24)17-8-7-13-21-11-3-1-4-12-21/h21-23,25H,1-20H2,28H3. The summed E-state index contributed by atoms with van der Waals surface area (Å²) in [5.41, 5.74) is 0. The number of hydrogen-bond acceptors (Lipinski definition) is 1. The average molecular weight is 406 g/mol. The third-order valence-corrected chi connectivity index (χ3v) is 8.50. The van der Waals surface area contributed by atoms with Crippen LogP contribution < -0.4 is 0 Å². The highest BCUT2D eigenvalue weighted by Gasteiger charge is 2.35. The number of nitrogens with zero attached hydrogens (tertiary/aromatic N) is 2. The van der Waals surface area contributed by atoms with Gasteiger partial charge in [0.2, 0.25) is 0 Å². The minimum Gasteiger partial charge on any atom is -0.341 e. The van der Waals surface area contributed by atoms with Crippen LogP contribution in [-0.4, -0.2) is 51.7 Å². The lowest BCUT2D eigenvalue weighted by Gasteiger charge is -2.30. The van der Waals surface area contributed by atoms with Crippen molar-refractivity contribution in [1.29, 1.82) is 5.41 Å². The van der Waals surface area contributed by atoms with Gasteiger partial charge in [0.1, 0.15) is 0 Å². The van der Waals surface area contributed by atoms with Gasteiger partial charge in [-0.25, -0.2) is 0 Å². The number of guanidine groups is 1. The maximum absolute atomic E-state index is 8.84. The second-order valence-corrected chi connectivity index (χ2v) is 11.1. The van der Waals surface area contributed by atoms with Crippen LogP contribution in [0, 0.1) is 17.2 Å². The minimum absolute atomic E-state index is 0.626. The Balaban J connectivity index is 1.46. The van der Waals surface area contributed by atoms with Crippen molar-refractivity contribution in [3.05, 3.63) is 0 Å². The Labute approximate surface area is 177 Å². The molecule has 0 aromatic heterocycles. The SMILES string of the molecule is N=C1N(CCCC[SiH3])CC(CC2CCCCC2)N1CCCCC1CCCCC1. The third kappa shape index (κ3) is 6.78. The zero-order valence-electron chi connectivity index (χ0n) is 18.8. The van der Waals surface area contributed by atoms with Crippen molar-refractivity contribution in [3.63, 3.8) is 0 Å². The van der Waals surface area contributed by atoms with E-state index in [2.05, 4.69) is 9.80 Å². The normalized spacial score (nSPS) is 25.1. The predicted octanol–water partition coefficient (Wildman–Crippen LogP) is 5.19. The van der Waals surface area contributed by atoms with Crippen LogP contribution in [0.2, 0.25) is 6.04 Å². The van der Waals surface area contributed by atoms with Crippen LogP contribution in [-0.2, 0) is 0 Å². The highest BCUT2D eigenvalue weighted by atomic mass is 28.1. The van der Waals surface area contributed by atoms with Crippen LogP contribution >= 0.6 is 0 Å². The molecule has 0 aromatic rings. The molecule has 2 saturated carbocycles. The van der Waals surface area contributed by atoms with Crippen LogP contribution in [0.15, 0.2) is 0 Å². The fourth-order valence-corrected chi connectivity index (χ4v) is 6.53. The molecule has 3 aliphatic rings. The molecule has 0 bridgehead atoms. The van der Waals surface area contributed by atoms with Crippen molar-refractivity contribution in [1.82, 2.24) is 9.80 Å². The molecule has 2 aliphatic carbocycles. The smallest absolute Gasteiger partial charge is 0.194 e.